The van der Waals surface area contributed by atoms with Gasteiger partial charge in [0, 0.05) is 42.9 Å². The van der Waals surface area contributed by atoms with Crippen molar-refractivity contribution in [2.45, 2.75) is 28.4 Å². The Labute approximate surface area is 204 Å². The van der Waals surface area contributed by atoms with Crippen molar-refractivity contribution in [2.75, 3.05) is 19.6 Å². The first-order valence-corrected chi connectivity index (χ1v) is 10.2. The standard InChI is InChI=1S/C19H15B6ClF2N4O/c1-10-5-29-15(30-6-10)19(24,25)31-7-16(28)17(20,21)8-32(9-18(16,22)23)14(33)11-2-3-13(27)12(26)4-11/h2-6,31H,7-9H2,1H3. The van der Waals surface area contributed by atoms with Crippen molar-refractivity contribution in [3.05, 3.63) is 58.4 Å². The fourth-order valence-corrected chi connectivity index (χ4v) is 3.79. The number of halogens is 3. The maximum atomic E-state index is 16.3. The number of rotatable bonds is 5. The number of aryl methyl sites for hydroxylation is 1. The van der Waals surface area contributed by atoms with E-state index in [0.29, 0.717) is 0 Å². The van der Waals surface area contributed by atoms with Gasteiger partial charge in [0.15, 0.2) is 0 Å². The Balaban J connectivity index is 1.83. The molecule has 0 bridgehead atoms. The van der Waals surface area contributed by atoms with Gasteiger partial charge >= 0.3 is 0 Å². The van der Waals surface area contributed by atoms with Crippen molar-refractivity contribution >= 4 is 64.6 Å². The molecule has 2 heterocycles. The molecule has 1 aromatic heterocycles. The van der Waals surface area contributed by atoms with E-state index in [4.69, 9.17) is 58.7 Å². The second kappa shape index (κ2) is 8.80. The Kier molecular flexibility index (Phi) is 6.91. The van der Waals surface area contributed by atoms with E-state index in [2.05, 4.69) is 15.3 Å². The summed E-state index contributed by atoms with van der Waals surface area (Å²) in [4.78, 5) is 22.0. The number of carbonyl (C=O) groups excluding carboxylic acids is 1. The first-order chi connectivity index (χ1) is 15.1. The fourth-order valence-electron chi connectivity index (χ4n) is 3.61. The van der Waals surface area contributed by atoms with Gasteiger partial charge in [0.2, 0.25) is 0 Å². The van der Waals surface area contributed by atoms with Gasteiger partial charge in [0.1, 0.15) is 17.3 Å². The molecule has 0 spiro atoms. The minimum atomic E-state index is -2.69. The lowest BCUT2D eigenvalue weighted by atomic mass is 9.31. The summed E-state index contributed by atoms with van der Waals surface area (Å²) in [5.41, 5.74) is -1.90. The normalized spacial score (nSPS) is 19.2. The van der Waals surface area contributed by atoms with Crippen LogP contribution >= 0.6 is 11.6 Å². The molecule has 156 valence electrons. The van der Waals surface area contributed by atoms with Crippen LogP contribution in [0.25, 0.3) is 0 Å². The Morgan fingerprint density at radius 3 is 2.24 bits per heavy atom. The lowest BCUT2D eigenvalue weighted by Gasteiger charge is -2.60. The second-order valence-electron chi connectivity index (χ2n) is 8.48. The highest BCUT2D eigenvalue weighted by Crippen LogP contribution is 2.54. The molecule has 12 radical (unpaired) electrons. The molecule has 0 atom stereocenters. The lowest BCUT2D eigenvalue weighted by molar-refractivity contribution is 0.0235. The molecule has 1 aliphatic heterocycles. The molecule has 2 aromatic rings. The SMILES string of the molecule is [B]C([B])(NCC1(F)C([B])([B])CN(C(=O)c2ccc(F)c(Cl)c2)CC1([B])[B])c1ncc(C)cn1. The van der Waals surface area contributed by atoms with Gasteiger partial charge in [-0.2, -0.15) is 0 Å². The number of piperidine rings is 1. The Morgan fingerprint density at radius 1 is 1.18 bits per heavy atom. The number of likely N-dealkylation sites (tertiary alicyclic amines) is 1. The van der Waals surface area contributed by atoms with Crippen molar-refractivity contribution in [2.24, 2.45) is 0 Å². The van der Waals surface area contributed by atoms with Crippen LogP contribution in [0, 0.1) is 12.7 Å². The molecule has 14 heteroatoms. The number of nitrogens with zero attached hydrogens (tertiary/aromatic N) is 3. The molecule has 0 aliphatic carbocycles. The molecule has 5 nitrogen and oxygen atoms in total. The van der Waals surface area contributed by atoms with E-state index in [-0.39, 0.29) is 16.4 Å². The van der Waals surface area contributed by atoms with Crippen LogP contribution in [-0.4, -0.2) is 93.2 Å². The number of hydrogen-bond acceptors (Lipinski definition) is 4. The van der Waals surface area contributed by atoms with Gasteiger partial charge in [0.05, 0.1) is 52.1 Å². The van der Waals surface area contributed by atoms with Crippen LogP contribution in [0.4, 0.5) is 8.78 Å². The topological polar surface area (TPSA) is 58.1 Å². The molecule has 1 aliphatic rings. The number of carbonyl (C=O) groups is 1. The molecule has 3 rings (SSSR count). The average Bonchev–Trinajstić information content (AvgIpc) is 2.72. The number of hydrogen-bond donors (Lipinski definition) is 1. The third-order valence-corrected chi connectivity index (χ3v) is 5.90. The summed E-state index contributed by atoms with van der Waals surface area (Å²) in [6.45, 7) is 0.143. The predicted octanol–water partition coefficient (Wildman–Crippen LogP) is 0.385. The number of aromatic nitrogens is 2. The van der Waals surface area contributed by atoms with Gasteiger partial charge in [-0.25, -0.2) is 18.7 Å². The number of alkyl halides is 1. The summed E-state index contributed by atoms with van der Waals surface area (Å²) in [6.07, 6.45) is 2.98. The number of nitrogens with one attached hydrogen (secondary N) is 1. The highest BCUT2D eigenvalue weighted by molar-refractivity contribution is 6.47. The third-order valence-electron chi connectivity index (χ3n) is 5.61. The van der Waals surface area contributed by atoms with E-state index in [1.54, 1.807) is 6.92 Å². The van der Waals surface area contributed by atoms with E-state index in [9.17, 15) is 9.18 Å². The van der Waals surface area contributed by atoms with Gasteiger partial charge in [-0.3, -0.25) is 4.79 Å². The highest BCUT2D eigenvalue weighted by atomic mass is 35.5. The second-order valence-corrected chi connectivity index (χ2v) is 8.89. The summed E-state index contributed by atoms with van der Waals surface area (Å²) >= 11 is 5.75. The first-order valence-electron chi connectivity index (χ1n) is 9.80. The third kappa shape index (κ3) is 4.90. The summed E-state index contributed by atoms with van der Waals surface area (Å²) in [6, 6.07) is 3.36. The molecule has 0 unspecified atom stereocenters. The van der Waals surface area contributed by atoms with Crippen molar-refractivity contribution < 1.29 is 13.6 Å². The van der Waals surface area contributed by atoms with Gasteiger partial charge in [-0.15, -0.1) is 0 Å². The van der Waals surface area contributed by atoms with E-state index in [1.165, 1.54) is 18.5 Å². The van der Waals surface area contributed by atoms with Crippen molar-refractivity contribution in [1.82, 2.24) is 20.2 Å². The molecule has 1 aromatic carbocycles. The Hall–Kier alpha value is -1.73. The lowest BCUT2D eigenvalue weighted by Crippen LogP contribution is -2.68. The molecule has 0 saturated carbocycles. The molecule has 1 saturated heterocycles. The molecule has 33 heavy (non-hydrogen) atoms. The number of amides is 1. The zero-order chi connectivity index (χ0) is 24.8. The van der Waals surface area contributed by atoms with Crippen LogP contribution < -0.4 is 5.32 Å². The summed E-state index contributed by atoms with van der Waals surface area (Å²) in [7, 11) is 36.4. The minimum Gasteiger partial charge on any atom is -0.340 e. The quantitative estimate of drug-likeness (QED) is 0.666. The maximum absolute atomic E-state index is 16.3. The van der Waals surface area contributed by atoms with Gasteiger partial charge < -0.3 is 10.2 Å². The van der Waals surface area contributed by atoms with Gasteiger partial charge in [-0.05, 0) is 41.1 Å². The maximum Gasteiger partial charge on any atom is 0.253 e. The van der Waals surface area contributed by atoms with Gasteiger partial charge in [-0.1, -0.05) is 11.6 Å². The van der Waals surface area contributed by atoms with E-state index in [1.807, 2.05) is 0 Å². The van der Waals surface area contributed by atoms with Crippen LogP contribution in [0.2, 0.25) is 15.5 Å². The van der Waals surface area contributed by atoms with E-state index >= 15 is 4.39 Å². The molecular weight excluding hydrogens is 439 g/mol. The first kappa shape index (κ1) is 25.9. The smallest absolute Gasteiger partial charge is 0.253 e. The van der Waals surface area contributed by atoms with Crippen LogP contribution in [-0.2, 0) is 5.34 Å². The zero-order valence-electron chi connectivity index (χ0n) is 17.9. The Morgan fingerprint density at radius 2 is 1.73 bits per heavy atom. The fraction of sp³-hybridized carbons (Fsp3) is 0.421. The summed E-state index contributed by atoms with van der Waals surface area (Å²) in [5.74, 6) is -1.38. The predicted molar refractivity (Wildman–Crippen MR) is 128 cm³/mol. The summed E-state index contributed by atoms with van der Waals surface area (Å²) < 4.78 is 29.7. The molecule has 1 amide bonds. The van der Waals surface area contributed by atoms with Crippen LogP contribution in [0.1, 0.15) is 21.7 Å². The molecular formula is C19H15B6ClF2N4O. The van der Waals surface area contributed by atoms with Crippen LogP contribution in [0.3, 0.4) is 0 Å². The van der Waals surface area contributed by atoms with Crippen molar-refractivity contribution in [3.8, 4) is 0 Å². The molecule has 1 fully saturated rings. The zero-order valence-corrected chi connectivity index (χ0v) is 18.6. The average molecular weight is 454 g/mol. The highest BCUT2D eigenvalue weighted by Gasteiger charge is 2.58. The van der Waals surface area contributed by atoms with E-state index < -0.39 is 52.8 Å². The monoisotopic (exact) mass is 454 g/mol. The van der Waals surface area contributed by atoms with Gasteiger partial charge in [0.25, 0.3) is 5.91 Å². The number of benzene rings is 1. The summed E-state index contributed by atoms with van der Waals surface area (Å²) in [5, 5.41) is -4.01. The van der Waals surface area contributed by atoms with E-state index in [0.717, 1.165) is 22.6 Å². The van der Waals surface area contributed by atoms with Crippen LogP contribution in [0.5, 0.6) is 0 Å². The minimum absolute atomic E-state index is 0.0169. The molecule has 1 N–H and O–H groups in total. The largest absolute Gasteiger partial charge is 0.340 e. The van der Waals surface area contributed by atoms with Crippen molar-refractivity contribution in [3.63, 3.8) is 0 Å². The van der Waals surface area contributed by atoms with Crippen molar-refractivity contribution in [1.29, 1.82) is 0 Å². The van der Waals surface area contributed by atoms with Crippen LogP contribution in [0.15, 0.2) is 30.6 Å². The Bertz CT molecular complexity index is 1040.